The molecule has 1 unspecified atom stereocenters. The first-order chi connectivity index (χ1) is 10.2. The van der Waals surface area contributed by atoms with Gasteiger partial charge in [0.2, 0.25) is 0 Å². The van der Waals surface area contributed by atoms with Crippen molar-refractivity contribution in [2.45, 2.75) is 18.9 Å². The van der Waals surface area contributed by atoms with E-state index in [2.05, 4.69) is 11.1 Å². The van der Waals surface area contributed by atoms with Gasteiger partial charge in [-0.25, -0.2) is 4.39 Å². The van der Waals surface area contributed by atoms with Gasteiger partial charge in [-0.3, -0.25) is 4.98 Å². The number of fused-ring (bicyclic) bond motifs is 1. The third kappa shape index (κ3) is 3.44. The predicted octanol–water partition coefficient (Wildman–Crippen LogP) is 3.49. The monoisotopic (exact) mass is 280 g/mol. The maximum absolute atomic E-state index is 13.2. The molecule has 3 heteroatoms. The second-order valence-corrected chi connectivity index (χ2v) is 5.29. The molecule has 2 N–H and O–H groups in total. The second-order valence-electron chi connectivity index (χ2n) is 5.29. The van der Waals surface area contributed by atoms with Gasteiger partial charge < -0.3 is 5.73 Å². The Bertz CT molecular complexity index is 755. The quantitative estimate of drug-likeness (QED) is 0.794. The molecule has 3 rings (SSSR count). The molecule has 21 heavy (non-hydrogen) atoms. The molecule has 1 aromatic heterocycles. The van der Waals surface area contributed by atoms with E-state index in [1.54, 1.807) is 6.07 Å². The van der Waals surface area contributed by atoms with Crippen molar-refractivity contribution in [3.05, 3.63) is 77.7 Å². The van der Waals surface area contributed by atoms with Crippen LogP contribution in [0.5, 0.6) is 0 Å². The van der Waals surface area contributed by atoms with Crippen LogP contribution in [0.25, 0.3) is 10.9 Å². The number of para-hydroxylation sites is 1. The Balaban J connectivity index is 1.72. The van der Waals surface area contributed by atoms with Gasteiger partial charge in [-0.15, -0.1) is 0 Å². The van der Waals surface area contributed by atoms with E-state index < -0.39 is 0 Å². The molecule has 0 radical (unpaired) electrons. The van der Waals surface area contributed by atoms with Crippen molar-refractivity contribution in [1.29, 1.82) is 0 Å². The highest BCUT2D eigenvalue weighted by molar-refractivity contribution is 5.78. The number of halogens is 1. The van der Waals surface area contributed by atoms with E-state index in [-0.39, 0.29) is 11.9 Å². The molecule has 2 aromatic carbocycles. The molecular weight excluding hydrogens is 263 g/mol. The van der Waals surface area contributed by atoms with Crippen LogP contribution in [0, 0.1) is 5.82 Å². The van der Waals surface area contributed by atoms with Crippen molar-refractivity contribution in [1.82, 2.24) is 4.98 Å². The molecule has 2 nitrogen and oxygen atoms in total. The van der Waals surface area contributed by atoms with Gasteiger partial charge in [0.25, 0.3) is 0 Å². The van der Waals surface area contributed by atoms with Crippen LogP contribution in [-0.2, 0) is 12.8 Å². The lowest BCUT2D eigenvalue weighted by atomic mass is 10.0. The number of aromatic nitrogens is 1. The Morgan fingerprint density at radius 2 is 1.81 bits per heavy atom. The van der Waals surface area contributed by atoms with E-state index in [1.807, 2.05) is 36.4 Å². The molecular formula is C18H17FN2. The smallest absolute Gasteiger partial charge is 0.123 e. The van der Waals surface area contributed by atoms with Crippen LogP contribution >= 0.6 is 0 Å². The molecule has 1 atom stereocenters. The summed E-state index contributed by atoms with van der Waals surface area (Å²) in [5.41, 5.74) is 9.04. The first-order valence-electron chi connectivity index (χ1n) is 7.05. The Labute approximate surface area is 123 Å². The Morgan fingerprint density at radius 3 is 2.67 bits per heavy atom. The van der Waals surface area contributed by atoms with Gasteiger partial charge in [0.1, 0.15) is 5.82 Å². The number of pyridine rings is 1. The second kappa shape index (κ2) is 6.02. The average molecular weight is 280 g/mol. The molecule has 106 valence electrons. The van der Waals surface area contributed by atoms with Crippen LogP contribution in [0.1, 0.15) is 11.3 Å². The third-order valence-corrected chi connectivity index (χ3v) is 3.51. The topological polar surface area (TPSA) is 38.9 Å². The van der Waals surface area contributed by atoms with Crippen molar-refractivity contribution < 1.29 is 4.39 Å². The van der Waals surface area contributed by atoms with Gasteiger partial charge in [0.15, 0.2) is 0 Å². The van der Waals surface area contributed by atoms with Crippen LogP contribution in [0.2, 0.25) is 0 Å². The molecule has 3 aromatic rings. The first kappa shape index (κ1) is 13.7. The Morgan fingerprint density at radius 1 is 0.952 bits per heavy atom. The summed E-state index contributed by atoms with van der Waals surface area (Å²) in [6.07, 6.45) is 1.33. The number of hydrogen-bond donors (Lipinski definition) is 1. The van der Waals surface area contributed by atoms with Crippen LogP contribution in [-0.4, -0.2) is 11.0 Å². The van der Waals surface area contributed by atoms with E-state index in [0.29, 0.717) is 12.8 Å². The van der Waals surface area contributed by atoms with Crippen molar-refractivity contribution in [3.8, 4) is 0 Å². The van der Waals surface area contributed by atoms with Gasteiger partial charge in [-0.05, 0) is 36.2 Å². The highest BCUT2D eigenvalue weighted by Crippen LogP contribution is 2.14. The molecule has 0 aliphatic rings. The SMILES string of the molecule is NC(Cc1cccc(F)c1)Cc1ccc2ccccc2n1. The summed E-state index contributed by atoms with van der Waals surface area (Å²) < 4.78 is 13.2. The molecule has 0 aliphatic carbocycles. The lowest BCUT2D eigenvalue weighted by Gasteiger charge is -2.12. The van der Waals surface area contributed by atoms with E-state index >= 15 is 0 Å². The summed E-state index contributed by atoms with van der Waals surface area (Å²) in [6.45, 7) is 0. The summed E-state index contributed by atoms with van der Waals surface area (Å²) in [5.74, 6) is -0.219. The molecule has 0 saturated heterocycles. The lowest BCUT2D eigenvalue weighted by molar-refractivity contribution is 0.617. The summed E-state index contributed by atoms with van der Waals surface area (Å²) >= 11 is 0. The molecule has 0 bridgehead atoms. The molecule has 0 spiro atoms. The molecule has 0 aliphatic heterocycles. The van der Waals surface area contributed by atoms with Crippen LogP contribution in [0.4, 0.5) is 4.39 Å². The minimum absolute atomic E-state index is 0.0690. The zero-order valence-electron chi connectivity index (χ0n) is 11.7. The van der Waals surface area contributed by atoms with Crippen molar-refractivity contribution in [2.24, 2.45) is 5.73 Å². The molecule has 0 saturated carbocycles. The van der Waals surface area contributed by atoms with E-state index in [9.17, 15) is 4.39 Å². The van der Waals surface area contributed by atoms with Crippen LogP contribution in [0.3, 0.4) is 0 Å². The zero-order valence-corrected chi connectivity index (χ0v) is 11.7. The van der Waals surface area contributed by atoms with E-state index in [0.717, 1.165) is 22.2 Å². The molecule has 0 amide bonds. The number of hydrogen-bond acceptors (Lipinski definition) is 2. The number of benzene rings is 2. The number of nitrogens with zero attached hydrogens (tertiary/aromatic N) is 1. The van der Waals surface area contributed by atoms with E-state index in [4.69, 9.17) is 5.73 Å². The van der Waals surface area contributed by atoms with Gasteiger partial charge >= 0.3 is 0 Å². The maximum Gasteiger partial charge on any atom is 0.123 e. The minimum atomic E-state index is -0.219. The fourth-order valence-corrected chi connectivity index (χ4v) is 2.53. The fourth-order valence-electron chi connectivity index (χ4n) is 2.53. The largest absolute Gasteiger partial charge is 0.327 e. The first-order valence-corrected chi connectivity index (χ1v) is 7.05. The maximum atomic E-state index is 13.2. The van der Waals surface area contributed by atoms with Crippen LogP contribution < -0.4 is 5.73 Å². The average Bonchev–Trinajstić information content (AvgIpc) is 2.47. The predicted molar refractivity (Wildman–Crippen MR) is 83.5 cm³/mol. The highest BCUT2D eigenvalue weighted by atomic mass is 19.1. The van der Waals surface area contributed by atoms with Gasteiger partial charge in [-0.1, -0.05) is 36.4 Å². The highest BCUT2D eigenvalue weighted by Gasteiger charge is 2.08. The summed E-state index contributed by atoms with van der Waals surface area (Å²) in [5, 5.41) is 1.12. The van der Waals surface area contributed by atoms with Crippen molar-refractivity contribution in [3.63, 3.8) is 0 Å². The van der Waals surface area contributed by atoms with Crippen LogP contribution in [0.15, 0.2) is 60.7 Å². The third-order valence-electron chi connectivity index (χ3n) is 3.51. The zero-order chi connectivity index (χ0) is 14.7. The summed E-state index contributed by atoms with van der Waals surface area (Å²) in [7, 11) is 0. The fraction of sp³-hybridized carbons (Fsp3) is 0.167. The van der Waals surface area contributed by atoms with Gasteiger partial charge in [0, 0.05) is 23.5 Å². The van der Waals surface area contributed by atoms with Gasteiger partial charge in [0.05, 0.1) is 5.52 Å². The Hall–Kier alpha value is -2.26. The summed E-state index contributed by atoms with van der Waals surface area (Å²) in [4.78, 5) is 4.62. The lowest BCUT2D eigenvalue weighted by Crippen LogP contribution is -2.26. The number of rotatable bonds is 4. The molecule has 0 fully saturated rings. The van der Waals surface area contributed by atoms with E-state index in [1.165, 1.54) is 12.1 Å². The van der Waals surface area contributed by atoms with Gasteiger partial charge in [-0.2, -0.15) is 0 Å². The Kier molecular flexibility index (Phi) is 3.93. The van der Waals surface area contributed by atoms with Crippen molar-refractivity contribution in [2.75, 3.05) is 0 Å². The standard InChI is InChI=1S/C18H17FN2/c19-15-6-3-4-13(10-15)11-16(20)12-17-9-8-14-5-1-2-7-18(14)21-17/h1-10,16H,11-12,20H2. The normalized spacial score (nSPS) is 12.5. The molecule has 1 heterocycles. The summed E-state index contributed by atoms with van der Waals surface area (Å²) in [6, 6.07) is 18.6. The number of nitrogens with two attached hydrogens (primary N) is 1. The minimum Gasteiger partial charge on any atom is -0.327 e. The van der Waals surface area contributed by atoms with Crippen molar-refractivity contribution >= 4 is 10.9 Å².